The molecule has 1 amide bonds. The van der Waals surface area contributed by atoms with E-state index in [2.05, 4.69) is 10.2 Å². The van der Waals surface area contributed by atoms with Crippen LogP contribution in [0.4, 0.5) is 0 Å². The summed E-state index contributed by atoms with van der Waals surface area (Å²) >= 11 is 1.31. The molecule has 0 saturated carbocycles. The predicted octanol–water partition coefficient (Wildman–Crippen LogP) is 3.13. The molecule has 3 aromatic rings. The number of benzene rings is 2. The normalized spacial score (nSPS) is 14.5. The van der Waals surface area contributed by atoms with Gasteiger partial charge in [-0.3, -0.25) is 4.79 Å². The molecule has 1 unspecified atom stereocenters. The number of likely N-dealkylation sites (tertiary alicyclic amines) is 1. The molecule has 31 heavy (non-hydrogen) atoms. The lowest BCUT2D eigenvalue weighted by atomic mass is 10.1. The summed E-state index contributed by atoms with van der Waals surface area (Å²) in [5, 5.41) is 8.56. The molecule has 1 aromatic heterocycles. The molecule has 0 bridgehead atoms. The van der Waals surface area contributed by atoms with Gasteiger partial charge in [0.25, 0.3) is 0 Å². The number of carbonyl (C=O) groups is 1. The molecule has 2 N–H and O–H groups in total. The van der Waals surface area contributed by atoms with Crippen molar-refractivity contribution in [1.29, 1.82) is 0 Å². The van der Waals surface area contributed by atoms with Gasteiger partial charge >= 0.3 is 0 Å². The van der Waals surface area contributed by atoms with Gasteiger partial charge in [0.15, 0.2) is 5.82 Å². The van der Waals surface area contributed by atoms with Gasteiger partial charge in [0.1, 0.15) is 16.7 Å². The largest absolute Gasteiger partial charge is 0.497 e. The molecule has 162 valence electrons. The minimum absolute atomic E-state index is 0.0697. The molecular weight excluding hydrogens is 414 g/mol. The van der Waals surface area contributed by atoms with Crippen molar-refractivity contribution in [3.05, 3.63) is 54.1 Å². The lowest BCUT2D eigenvalue weighted by molar-refractivity contribution is -0.129. The third-order valence-electron chi connectivity index (χ3n) is 5.28. The number of hydrogen-bond acceptors (Lipinski definition) is 7. The van der Waals surface area contributed by atoms with E-state index in [0.29, 0.717) is 28.0 Å². The van der Waals surface area contributed by atoms with Crippen LogP contribution in [0.3, 0.4) is 0 Å². The second-order valence-corrected chi connectivity index (χ2v) is 8.26. The minimum atomic E-state index is -0.448. The van der Waals surface area contributed by atoms with Crippen molar-refractivity contribution in [3.8, 4) is 22.9 Å². The van der Waals surface area contributed by atoms with Crippen molar-refractivity contribution < 1.29 is 14.3 Å². The average molecular weight is 440 g/mol. The predicted molar refractivity (Wildman–Crippen MR) is 120 cm³/mol. The third-order valence-corrected chi connectivity index (χ3v) is 6.48. The molecule has 1 aliphatic rings. The Kier molecular flexibility index (Phi) is 6.31. The molecule has 8 nitrogen and oxygen atoms in total. The van der Waals surface area contributed by atoms with Gasteiger partial charge < -0.3 is 20.2 Å². The van der Waals surface area contributed by atoms with E-state index >= 15 is 0 Å². The van der Waals surface area contributed by atoms with Gasteiger partial charge in [-0.05, 0) is 30.5 Å². The summed E-state index contributed by atoms with van der Waals surface area (Å²) in [4.78, 5) is 15.2. The Hall–Kier alpha value is -3.20. The molecule has 0 radical (unpaired) electrons. The van der Waals surface area contributed by atoms with Gasteiger partial charge in [0.05, 0.1) is 19.8 Å². The summed E-state index contributed by atoms with van der Waals surface area (Å²) in [6, 6.07) is 15.1. The fourth-order valence-corrected chi connectivity index (χ4v) is 4.66. The van der Waals surface area contributed by atoms with Crippen LogP contribution in [0.15, 0.2) is 53.7 Å². The second-order valence-electron chi connectivity index (χ2n) is 7.18. The van der Waals surface area contributed by atoms with Crippen molar-refractivity contribution in [2.45, 2.75) is 23.2 Å². The van der Waals surface area contributed by atoms with Gasteiger partial charge in [0, 0.05) is 19.2 Å². The Morgan fingerprint density at radius 1 is 1.06 bits per heavy atom. The molecule has 1 saturated heterocycles. The first-order valence-corrected chi connectivity index (χ1v) is 10.9. The van der Waals surface area contributed by atoms with E-state index in [0.717, 1.165) is 31.5 Å². The highest BCUT2D eigenvalue weighted by Gasteiger charge is 2.31. The van der Waals surface area contributed by atoms with Gasteiger partial charge in [-0.25, -0.2) is 4.68 Å². The first kappa shape index (κ1) is 21.0. The molecular formula is C22H25N5O3S. The van der Waals surface area contributed by atoms with E-state index in [1.807, 2.05) is 47.4 Å². The summed E-state index contributed by atoms with van der Waals surface area (Å²) in [6.45, 7) is 1.57. The summed E-state index contributed by atoms with van der Waals surface area (Å²) < 4.78 is 12.1. The first-order valence-electron chi connectivity index (χ1n) is 10.1. The van der Waals surface area contributed by atoms with E-state index in [9.17, 15) is 4.79 Å². The quantitative estimate of drug-likeness (QED) is 0.446. The molecule has 2 heterocycles. The number of nitrogen functional groups attached to an aromatic ring is 1. The zero-order chi connectivity index (χ0) is 21.8. The van der Waals surface area contributed by atoms with Crippen molar-refractivity contribution in [2.75, 3.05) is 33.2 Å². The maximum Gasteiger partial charge on any atom is 0.240 e. The van der Waals surface area contributed by atoms with Gasteiger partial charge in [0.2, 0.25) is 11.1 Å². The molecule has 4 rings (SSSR count). The van der Waals surface area contributed by atoms with Gasteiger partial charge in [-0.15, -0.1) is 10.2 Å². The van der Waals surface area contributed by atoms with Crippen molar-refractivity contribution in [3.63, 3.8) is 0 Å². The van der Waals surface area contributed by atoms with E-state index in [4.69, 9.17) is 15.3 Å². The number of amides is 1. The molecule has 9 heteroatoms. The number of methoxy groups -OCH3 is 2. The van der Waals surface area contributed by atoms with Gasteiger partial charge in [-0.1, -0.05) is 42.1 Å². The first-order chi connectivity index (χ1) is 15.1. The Bertz CT molecular complexity index is 1050. The monoisotopic (exact) mass is 439 g/mol. The van der Waals surface area contributed by atoms with E-state index in [-0.39, 0.29) is 5.91 Å². The summed E-state index contributed by atoms with van der Waals surface area (Å²) in [6.07, 6.45) is 2.07. The lowest BCUT2D eigenvalue weighted by Crippen LogP contribution is -2.31. The molecule has 2 aromatic carbocycles. The fourth-order valence-electron chi connectivity index (χ4n) is 3.62. The zero-order valence-electron chi connectivity index (χ0n) is 17.5. The van der Waals surface area contributed by atoms with Crippen LogP contribution in [-0.2, 0) is 4.79 Å². The number of aromatic nitrogens is 3. The van der Waals surface area contributed by atoms with Crippen molar-refractivity contribution in [2.24, 2.45) is 0 Å². The van der Waals surface area contributed by atoms with Crippen molar-refractivity contribution >= 4 is 17.7 Å². The fraction of sp³-hybridized carbons (Fsp3) is 0.318. The number of rotatable bonds is 7. The van der Waals surface area contributed by atoms with Crippen LogP contribution in [-0.4, -0.2) is 53.0 Å². The minimum Gasteiger partial charge on any atom is -0.497 e. The van der Waals surface area contributed by atoms with Crippen LogP contribution in [0.1, 0.15) is 23.7 Å². The van der Waals surface area contributed by atoms with Crippen LogP contribution in [0.25, 0.3) is 11.4 Å². The highest BCUT2D eigenvalue weighted by Crippen LogP contribution is 2.38. The van der Waals surface area contributed by atoms with Crippen molar-refractivity contribution in [1.82, 2.24) is 19.8 Å². The summed E-state index contributed by atoms with van der Waals surface area (Å²) in [7, 11) is 3.17. The van der Waals surface area contributed by atoms with Crippen LogP contribution < -0.4 is 15.3 Å². The molecule has 0 spiro atoms. The summed E-state index contributed by atoms with van der Waals surface area (Å²) in [5.74, 6) is 8.12. The average Bonchev–Trinajstić information content (AvgIpc) is 3.47. The number of hydrogen-bond donors (Lipinski definition) is 1. The third kappa shape index (κ3) is 4.32. The van der Waals surface area contributed by atoms with Crippen LogP contribution >= 0.6 is 11.8 Å². The summed E-state index contributed by atoms with van der Waals surface area (Å²) in [5.41, 5.74) is 1.60. The lowest BCUT2D eigenvalue weighted by Gasteiger charge is -2.22. The molecule has 1 aliphatic heterocycles. The number of ether oxygens (including phenoxy) is 2. The van der Waals surface area contributed by atoms with Crippen LogP contribution in [0, 0.1) is 0 Å². The number of nitrogens with two attached hydrogens (primary N) is 1. The second kappa shape index (κ2) is 9.30. The zero-order valence-corrected chi connectivity index (χ0v) is 18.3. The maximum absolute atomic E-state index is 13.3. The Morgan fingerprint density at radius 2 is 1.81 bits per heavy atom. The number of carbonyl (C=O) groups excluding carboxylic acids is 1. The van der Waals surface area contributed by atoms with E-state index in [1.54, 1.807) is 20.3 Å². The smallest absolute Gasteiger partial charge is 0.240 e. The highest BCUT2D eigenvalue weighted by atomic mass is 32.2. The van der Waals surface area contributed by atoms with Crippen LogP contribution in [0.2, 0.25) is 0 Å². The topological polar surface area (TPSA) is 95.5 Å². The maximum atomic E-state index is 13.3. The van der Waals surface area contributed by atoms with Crippen LogP contribution in [0.5, 0.6) is 11.5 Å². The highest BCUT2D eigenvalue weighted by molar-refractivity contribution is 8.00. The molecule has 1 atom stereocenters. The van der Waals surface area contributed by atoms with E-state index in [1.165, 1.54) is 16.4 Å². The number of nitrogens with zero attached hydrogens (tertiary/aromatic N) is 4. The Balaban J connectivity index is 1.66. The molecule has 1 fully saturated rings. The van der Waals surface area contributed by atoms with E-state index < -0.39 is 5.25 Å². The number of thioether (sulfide) groups is 1. The van der Waals surface area contributed by atoms with Gasteiger partial charge in [-0.2, -0.15) is 0 Å². The Morgan fingerprint density at radius 3 is 2.48 bits per heavy atom. The molecule has 0 aliphatic carbocycles. The SMILES string of the molecule is COc1ccc(-c2nnc(SC(C(=O)N3CCCC3)c3ccccc3)n2N)c(OC)c1. The standard InChI is InChI=1S/C22H25N5O3S/c1-29-16-10-11-17(18(14-16)30-2)20-24-25-22(27(20)23)31-19(15-8-4-3-5-9-15)21(28)26-12-6-7-13-26/h3-5,8-11,14,19H,6-7,12-13,23H2,1-2H3. The Labute approximate surface area is 185 Å².